The highest BCUT2D eigenvalue weighted by Crippen LogP contribution is 2.45. The first-order chi connectivity index (χ1) is 14.0. The van der Waals surface area contributed by atoms with Crippen molar-refractivity contribution in [2.75, 3.05) is 32.7 Å². The number of carbonyl (C=O) groups excluding carboxylic acids is 2. The lowest BCUT2D eigenvalue weighted by molar-refractivity contribution is -0.187. The van der Waals surface area contributed by atoms with Crippen molar-refractivity contribution >= 4 is 11.8 Å². The molecule has 1 aromatic rings. The smallest absolute Gasteiger partial charge is 0.267 e. The van der Waals surface area contributed by atoms with Crippen molar-refractivity contribution < 1.29 is 18.7 Å². The molecule has 0 radical (unpaired) electrons. The number of carbonyl (C=O) groups is 2. The van der Waals surface area contributed by atoms with Crippen molar-refractivity contribution in [3.05, 3.63) is 30.1 Å². The molecule has 1 saturated carbocycles. The van der Waals surface area contributed by atoms with E-state index in [1.54, 1.807) is 17.0 Å². The van der Waals surface area contributed by atoms with Crippen molar-refractivity contribution in [3.8, 4) is 5.75 Å². The van der Waals surface area contributed by atoms with Crippen LogP contribution in [-0.4, -0.2) is 66.0 Å². The quantitative estimate of drug-likeness (QED) is 0.642. The molecule has 1 aliphatic carbocycles. The predicted octanol–water partition coefficient (Wildman–Crippen LogP) is 2.58. The lowest BCUT2D eigenvalue weighted by atomic mass is 9.70. The third kappa shape index (κ3) is 4.71. The Morgan fingerprint density at radius 3 is 2.48 bits per heavy atom. The highest BCUT2D eigenvalue weighted by Gasteiger charge is 2.62. The van der Waals surface area contributed by atoms with Crippen LogP contribution in [0.3, 0.4) is 0 Å². The van der Waals surface area contributed by atoms with Crippen molar-refractivity contribution in [1.29, 1.82) is 0 Å². The van der Waals surface area contributed by atoms with Crippen LogP contribution in [-0.2, 0) is 9.59 Å². The Labute approximate surface area is 172 Å². The molecule has 2 fully saturated rings. The maximum absolute atomic E-state index is 13.2. The van der Waals surface area contributed by atoms with E-state index in [9.17, 15) is 14.0 Å². The van der Waals surface area contributed by atoms with Crippen molar-refractivity contribution in [2.45, 2.75) is 57.6 Å². The summed E-state index contributed by atoms with van der Waals surface area (Å²) in [6.45, 7) is 7.53. The van der Waals surface area contributed by atoms with E-state index in [-0.39, 0.29) is 24.2 Å². The maximum Gasteiger partial charge on any atom is 0.267 e. The molecule has 1 atom stereocenters. The molecule has 1 saturated heterocycles. The third-order valence-corrected chi connectivity index (χ3v) is 6.25. The van der Waals surface area contributed by atoms with Crippen LogP contribution in [0.4, 0.5) is 4.39 Å². The normalized spacial score (nSPS) is 20.6. The Hall–Kier alpha value is -2.15. The molecule has 3 rings (SSSR count). The van der Waals surface area contributed by atoms with E-state index in [0.717, 1.165) is 51.7 Å². The van der Waals surface area contributed by atoms with Crippen LogP contribution >= 0.6 is 0 Å². The number of β-lactam (4-membered cyclic amide) rings is 1. The highest BCUT2D eigenvalue weighted by molar-refractivity contribution is 5.94. The summed E-state index contributed by atoms with van der Waals surface area (Å²) in [6.07, 6.45) is 4.21. The monoisotopic (exact) mass is 405 g/mol. The molecule has 7 heteroatoms. The summed E-state index contributed by atoms with van der Waals surface area (Å²) < 4.78 is 19.1. The minimum atomic E-state index is -0.600. The molecule has 1 heterocycles. The van der Waals surface area contributed by atoms with E-state index < -0.39 is 11.6 Å². The highest BCUT2D eigenvalue weighted by atomic mass is 19.1. The Balaban J connectivity index is 1.61. The van der Waals surface area contributed by atoms with Gasteiger partial charge in [-0.1, -0.05) is 33.1 Å². The fourth-order valence-corrected chi connectivity index (χ4v) is 4.50. The van der Waals surface area contributed by atoms with Gasteiger partial charge in [-0.2, -0.15) is 0 Å². The fourth-order valence-electron chi connectivity index (χ4n) is 4.50. The molecule has 1 spiro atoms. The van der Waals surface area contributed by atoms with Crippen molar-refractivity contribution in [3.63, 3.8) is 0 Å². The second kappa shape index (κ2) is 9.57. The molecule has 1 aliphatic heterocycles. The summed E-state index contributed by atoms with van der Waals surface area (Å²) in [6, 6.07) is 5.74. The largest absolute Gasteiger partial charge is 0.478 e. The molecule has 2 aliphatic rings. The standard InChI is InChI=1S/C22H32FN3O3/c1-3-25(4-2)15-14-24-19(27)16-26-21(28)20(22(26)12-6-5-7-13-22)29-18-10-8-17(23)9-11-18/h8-11,20H,3-7,12-16H2,1-2H3,(H,24,27). The second-order valence-corrected chi connectivity index (χ2v) is 7.92. The number of hydrogen-bond acceptors (Lipinski definition) is 4. The molecule has 1 N–H and O–H groups in total. The van der Waals surface area contributed by atoms with E-state index in [0.29, 0.717) is 12.3 Å². The number of hydrogen-bond donors (Lipinski definition) is 1. The first-order valence-corrected chi connectivity index (χ1v) is 10.7. The summed E-state index contributed by atoms with van der Waals surface area (Å²) in [7, 11) is 0. The molecule has 0 aromatic heterocycles. The predicted molar refractivity (Wildman–Crippen MR) is 109 cm³/mol. The number of likely N-dealkylation sites (tertiary alicyclic amines) is 1. The van der Waals surface area contributed by atoms with E-state index in [1.807, 2.05) is 0 Å². The number of amides is 2. The van der Waals surface area contributed by atoms with Gasteiger partial charge in [0.25, 0.3) is 5.91 Å². The number of halogens is 1. The summed E-state index contributed by atoms with van der Waals surface area (Å²) in [5.74, 6) is -0.142. The van der Waals surface area contributed by atoms with E-state index in [4.69, 9.17) is 4.74 Å². The zero-order valence-electron chi connectivity index (χ0n) is 17.5. The van der Waals surface area contributed by atoms with Gasteiger partial charge in [0, 0.05) is 13.1 Å². The molecule has 160 valence electrons. The number of benzene rings is 1. The van der Waals surface area contributed by atoms with Gasteiger partial charge in [0.1, 0.15) is 18.1 Å². The lowest BCUT2D eigenvalue weighted by Crippen LogP contribution is -2.77. The number of rotatable bonds is 9. The van der Waals surface area contributed by atoms with Gasteiger partial charge < -0.3 is 19.9 Å². The van der Waals surface area contributed by atoms with Crippen LogP contribution in [0.25, 0.3) is 0 Å². The topological polar surface area (TPSA) is 61.9 Å². The molecular formula is C22H32FN3O3. The van der Waals surface area contributed by atoms with Gasteiger partial charge in [-0.05, 0) is 50.2 Å². The first kappa shape index (κ1) is 21.6. The average molecular weight is 406 g/mol. The molecule has 6 nitrogen and oxygen atoms in total. The SMILES string of the molecule is CCN(CC)CCNC(=O)CN1C(=O)C(Oc2ccc(F)cc2)C12CCCCC2. The Kier molecular flexibility index (Phi) is 7.11. The van der Waals surface area contributed by atoms with Gasteiger partial charge in [-0.15, -0.1) is 0 Å². The second-order valence-electron chi connectivity index (χ2n) is 7.92. The molecule has 1 aromatic carbocycles. The van der Waals surface area contributed by atoms with Crippen LogP contribution in [0.15, 0.2) is 24.3 Å². The summed E-state index contributed by atoms with van der Waals surface area (Å²) >= 11 is 0. The Bertz CT molecular complexity index is 700. The molecule has 1 unspecified atom stereocenters. The fraction of sp³-hybridized carbons (Fsp3) is 0.636. The van der Waals surface area contributed by atoms with Crippen LogP contribution in [0.1, 0.15) is 46.0 Å². The Morgan fingerprint density at radius 2 is 1.86 bits per heavy atom. The zero-order chi connectivity index (χ0) is 20.9. The summed E-state index contributed by atoms with van der Waals surface area (Å²) in [4.78, 5) is 29.3. The number of ether oxygens (including phenoxy) is 1. The van der Waals surface area contributed by atoms with Gasteiger partial charge in [-0.25, -0.2) is 4.39 Å². The third-order valence-electron chi connectivity index (χ3n) is 6.25. The van der Waals surface area contributed by atoms with E-state index in [2.05, 4.69) is 24.1 Å². The molecular weight excluding hydrogens is 373 g/mol. The van der Waals surface area contributed by atoms with Gasteiger partial charge in [-0.3, -0.25) is 9.59 Å². The Morgan fingerprint density at radius 1 is 1.21 bits per heavy atom. The zero-order valence-corrected chi connectivity index (χ0v) is 17.5. The van der Waals surface area contributed by atoms with Crippen LogP contribution in [0.2, 0.25) is 0 Å². The minimum absolute atomic E-state index is 0.0698. The minimum Gasteiger partial charge on any atom is -0.478 e. The van der Waals surface area contributed by atoms with Crippen molar-refractivity contribution in [1.82, 2.24) is 15.1 Å². The van der Waals surface area contributed by atoms with E-state index >= 15 is 0 Å². The number of likely N-dealkylation sites (N-methyl/N-ethyl adjacent to an activating group) is 1. The van der Waals surface area contributed by atoms with Crippen LogP contribution < -0.4 is 10.1 Å². The van der Waals surface area contributed by atoms with E-state index in [1.165, 1.54) is 12.1 Å². The maximum atomic E-state index is 13.2. The van der Waals surface area contributed by atoms with Gasteiger partial charge in [0.15, 0.2) is 6.10 Å². The number of nitrogens with one attached hydrogen (secondary N) is 1. The van der Waals surface area contributed by atoms with Gasteiger partial charge in [0.2, 0.25) is 5.91 Å². The number of nitrogens with zero attached hydrogens (tertiary/aromatic N) is 2. The molecule has 0 bridgehead atoms. The van der Waals surface area contributed by atoms with Gasteiger partial charge in [0.05, 0.1) is 5.54 Å². The van der Waals surface area contributed by atoms with Gasteiger partial charge >= 0.3 is 0 Å². The average Bonchev–Trinajstić information content (AvgIpc) is 2.75. The lowest BCUT2D eigenvalue weighted by Gasteiger charge is -2.58. The summed E-state index contributed by atoms with van der Waals surface area (Å²) in [5, 5.41) is 2.94. The van der Waals surface area contributed by atoms with Crippen LogP contribution in [0.5, 0.6) is 5.75 Å². The first-order valence-electron chi connectivity index (χ1n) is 10.7. The molecule has 29 heavy (non-hydrogen) atoms. The molecule has 2 amide bonds. The van der Waals surface area contributed by atoms with Crippen LogP contribution in [0, 0.1) is 5.82 Å². The van der Waals surface area contributed by atoms with Crippen molar-refractivity contribution in [2.24, 2.45) is 0 Å². The summed E-state index contributed by atoms with van der Waals surface area (Å²) in [5.41, 5.74) is -0.431.